The van der Waals surface area contributed by atoms with Gasteiger partial charge >= 0.3 is 0 Å². The first-order chi connectivity index (χ1) is 7.33. The molecule has 1 aliphatic heterocycles. The number of thiophene rings is 1. The van der Waals surface area contributed by atoms with Crippen molar-refractivity contribution in [2.45, 2.75) is 25.3 Å². The number of hydrogen-bond acceptors (Lipinski definition) is 3. The summed E-state index contributed by atoms with van der Waals surface area (Å²) in [6.07, 6.45) is 3.08. The Morgan fingerprint density at radius 1 is 1.60 bits per heavy atom. The average Bonchev–Trinajstić information content (AvgIpc) is 2.81. The van der Waals surface area contributed by atoms with Crippen LogP contribution in [0.4, 0.5) is 0 Å². The largest absolute Gasteiger partial charge is 0.394 e. The highest BCUT2D eigenvalue weighted by atomic mass is 32.1. The fraction of sp³-hybridized carbons (Fsp3) is 0.545. The monoisotopic (exact) mass is 225 g/mol. The van der Waals surface area contributed by atoms with Crippen LogP contribution in [0.3, 0.4) is 0 Å². The fourth-order valence-corrected chi connectivity index (χ4v) is 2.68. The quantitative estimate of drug-likeness (QED) is 0.832. The van der Waals surface area contributed by atoms with E-state index in [-0.39, 0.29) is 18.6 Å². The lowest BCUT2D eigenvalue weighted by Crippen LogP contribution is -2.45. The summed E-state index contributed by atoms with van der Waals surface area (Å²) >= 11 is 1.46. The lowest BCUT2D eigenvalue weighted by molar-refractivity contribution is 0.0508. The summed E-state index contributed by atoms with van der Waals surface area (Å²) in [5, 5.41) is 11.1. The number of amides is 1. The molecule has 0 spiro atoms. The van der Waals surface area contributed by atoms with E-state index in [2.05, 4.69) is 0 Å². The lowest BCUT2D eigenvalue weighted by Gasteiger charge is -2.34. The Balaban J connectivity index is 2.11. The highest BCUT2D eigenvalue weighted by molar-refractivity contribution is 7.12. The van der Waals surface area contributed by atoms with Gasteiger partial charge in [0.1, 0.15) is 0 Å². The third-order valence-electron chi connectivity index (χ3n) is 2.83. The van der Waals surface area contributed by atoms with Gasteiger partial charge in [-0.2, -0.15) is 0 Å². The van der Waals surface area contributed by atoms with Crippen molar-refractivity contribution in [3.8, 4) is 0 Å². The van der Waals surface area contributed by atoms with Crippen molar-refractivity contribution in [2.75, 3.05) is 13.2 Å². The minimum atomic E-state index is 0.0216. The van der Waals surface area contributed by atoms with E-state index >= 15 is 0 Å². The number of carbonyl (C=O) groups excluding carboxylic acids is 1. The summed E-state index contributed by atoms with van der Waals surface area (Å²) < 4.78 is 0. The van der Waals surface area contributed by atoms with E-state index in [1.807, 2.05) is 22.4 Å². The predicted molar refractivity (Wildman–Crippen MR) is 60.1 cm³/mol. The summed E-state index contributed by atoms with van der Waals surface area (Å²) in [4.78, 5) is 14.6. The molecular formula is C11H15NO2S. The third-order valence-corrected chi connectivity index (χ3v) is 3.69. The Morgan fingerprint density at radius 3 is 3.13 bits per heavy atom. The van der Waals surface area contributed by atoms with Crippen molar-refractivity contribution in [3.63, 3.8) is 0 Å². The number of nitrogens with zero attached hydrogens (tertiary/aromatic N) is 1. The molecule has 1 aliphatic rings. The van der Waals surface area contributed by atoms with E-state index in [1.54, 1.807) is 0 Å². The maximum atomic E-state index is 12.1. The molecule has 1 amide bonds. The zero-order chi connectivity index (χ0) is 10.7. The molecule has 0 aliphatic carbocycles. The number of rotatable bonds is 2. The molecule has 82 valence electrons. The second-order valence-corrected chi connectivity index (χ2v) is 4.76. The molecule has 0 radical (unpaired) electrons. The summed E-state index contributed by atoms with van der Waals surface area (Å²) in [5.41, 5.74) is 0. The summed E-state index contributed by atoms with van der Waals surface area (Å²) in [5.74, 6) is 0.0729. The predicted octanol–water partition coefficient (Wildman–Crippen LogP) is 1.74. The van der Waals surface area contributed by atoms with Gasteiger partial charge in [0.25, 0.3) is 5.91 Å². The molecule has 1 aromatic heterocycles. The minimum absolute atomic E-state index is 0.0216. The van der Waals surface area contributed by atoms with Crippen molar-refractivity contribution in [2.24, 2.45) is 0 Å². The van der Waals surface area contributed by atoms with Crippen LogP contribution in [-0.4, -0.2) is 35.1 Å². The van der Waals surface area contributed by atoms with Gasteiger partial charge in [-0.15, -0.1) is 11.3 Å². The first-order valence-electron chi connectivity index (χ1n) is 5.28. The van der Waals surface area contributed by atoms with Crippen LogP contribution in [0.5, 0.6) is 0 Å². The molecule has 0 unspecified atom stereocenters. The van der Waals surface area contributed by atoms with Gasteiger partial charge in [0.05, 0.1) is 17.5 Å². The van der Waals surface area contributed by atoms with Crippen LogP contribution in [0, 0.1) is 0 Å². The molecule has 1 saturated heterocycles. The topological polar surface area (TPSA) is 40.5 Å². The number of carbonyl (C=O) groups is 1. The number of piperidine rings is 1. The average molecular weight is 225 g/mol. The van der Waals surface area contributed by atoms with Crippen molar-refractivity contribution in [1.82, 2.24) is 4.90 Å². The van der Waals surface area contributed by atoms with Gasteiger partial charge in [-0.3, -0.25) is 4.79 Å². The van der Waals surface area contributed by atoms with E-state index < -0.39 is 0 Å². The highest BCUT2D eigenvalue weighted by Gasteiger charge is 2.27. The Bertz CT molecular complexity index is 323. The lowest BCUT2D eigenvalue weighted by atomic mass is 10.0. The van der Waals surface area contributed by atoms with Gasteiger partial charge in [-0.1, -0.05) is 6.07 Å². The molecule has 0 saturated carbocycles. The number of hydrogen-bond donors (Lipinski definition) is 1. The van der Waals surface area contributed by atoms with Crippen LogP contribution in [-0.2, 0) is 0 Å². The van der Waals surface area contributed by atoms with Crippen molar-refractivity contribution in [1.29, 1.82) is 0 Å². The zero-order valence-corrected chi connectivity index (χ0v) is 9.37. The summed E-state index contributed by atoms with van der Waals surface area (Å²) in [6, 6.07) is 3.75. The molecule has 0 aromatic carbocycles. The second kappa shape index (κ2) is 4.77. The first-order valence-corrected chi connectivity index (χ1v) is 6.16. The van der Waals surface area contributed by atoms with Crippen molar-refractivity contribution < 1.29 is 9.90 Å². The van der Waals surface area contributed by atoms with Crippen LogP contribution in [0.2, 0.25) is 0 Å². The standard InChI is InChI=1S/C11H15NO2S/c13-8-9-4-1-2-6-12(9)11(14)10-5-3-7-15-10/h3,5,7,9,13H,1-2,4,6,8H2/t9-/m1/s1. The van der Waals surface area contributed by atoms with E-state index in [0.29, 0.717) is 0 Å². The van der Waals surface area contributed by atoms with Gasteiger partial charge < -0.3 is 10.0 Å². The van der Waals surface area contributed by atoms with Gasteiger partial charge in [0.15, 0.2) is 0 Å². The molecule has 0 bridgehead atoms. The Labute approximate surface area is 93.3 Å². The normalized spacial score (nSPS) is 21.7. The van der Waals surface area contributed by atoms with Crippen molar-refractivity contribution >= 4 is 17.2 Å². The molecular weight excluding hydrogens is 210 g/mol. The Morgan fingerprint density at radius 2 is 2.47 bits per heavy atom. The van der Waals surface area contributed by atoms with E-state index in [9.17, 15) is 9.90 Å². The fourth-order valence-electron chi connectivity index (χ4n) is 2.00. The molecule has 1 aromatic rings. The molecule has 4 heteroatoms. The Hall–Kier alpha value is -0.870. The second-order valence-electron chi connectivity index (χ2n) is 3.81. The zero-order valence-electron chi connectivity index (χ0n) is 8.56. The summed E-state index contributed by atoms with van der Waals surface area (Å²) in [7, 11) is 0. The first kappa shape index (κ1) is 10.6. The van der Waals surface area contributed by atoms with Gasteiger partial charge in [-0.05, 0) is 30.7 Å². The maximum absolute atomic E-state index is 12.1. The van der Waals surface area contributed by atoms with Crippen LogP contribution in [0.25, 0.3) is 0 Å². The highest BCUT2D eigenvalue weighted by Crippen LogP contribution is 2.21. The minimum Gasteiger partial charge on any atom is -0.394 e. The Kier molecular flexibility index (Phi) is 3.38. The summed E-state index contributed by atoms with van der Waals surface area (Å²) in [6.45, 7) is 0.860. The SMILES string of the molecule is O=C(c1cccs1)N1CCCC[C@@H]1CO. The van der Waals surface area contributed by atoms with Gasteiger partial charge in [-0.25, -0.2) is 0 Å². The van der Waals surface area contributed by atoms with E-state index in [1.165, 1.54) is 11.3 Å². The molecule has 2 rings (SSSR count). The smallest absolute Gasteiger partial charge is 0.264 e. The molecule has 1 fully saturated rings. The molecule has 1 N–H and O–H groups in total. The third kappa shape index (κ3) is 2.21. The number of aliphatic hydroxyl groups excluding tert-OH is 1. The number of aliphatic hydroxyl groups is 1. The number of likely N-dealkylation sites (tertiary alicyclic amines) is 1. The molecule has 1 atom stereocenters. The van der Waals surface area contributed by atoms with Gasteiger partial charge in [0, 0.05) is 6.54 Å². The molecule has 15 heavy (non-hydrogen) atoms. The molecule has 2 heterocycles. The van der Waals surface area contributed by atoms with Crippen LogP contribution >= 0.6 is 11.3 Å². The molecule has 3 nitrogen and oxygen atoms in total. The maximum Gasteiger partial charge on any atom is 0.264 e. The van der Waals surface area contributed by atoms with Crippen LogP contribution < -0.4 is 0 Å². The van der Waals surface area contributed by atoms with E-state index in [0.717, 1.165) is 30.7 Å². The van der Waals surface area contributed by atoms with E-state index in [4.69, 9.17) is 0 Å². The van der Waals surface area contributed by atoms with Crippen LogP contribution in [0.15, 0.2) is 17.5 Å². The van der Waals surface area contributed by atoms with Crippen molar-refractivity contribution in [3.05, 3.63) is 22.4 Å². The van der Waals surface area contributed by atoms with Gasteiger partial charge in [0.2, 0.25) is 0 Å². The van der Waals surface area contributed by atoms with Crippen LogP contribution in [0.1, 0.15) is 28.9 Å².